The Morgan fingerprint density at radius 1 is 1.19 bits per heavy atom. The Labute approximate surface area is 127 Å². The molecule has 6 heteroatoms. The molecule has 122 valence electrons. The predicted molar refractivity (Wildman–Crippen MR) is 80.3 cm³/mol. The molecule has 2 amide bonds. The van der Waals surface area contributed by atoms with E-state index < -0.39 is 17.2 Å². The molecule has 1 N–H and O–H groups in total. The van der Waals surface area contributed by atoms with Gasteiger partial charge in [0.25, 0.3) is 0 Å². The van der Waals surface area contributed by atoms with Crippen molar-refractivity contribution < 1.29 is 19.4 Å². The highest BCUT2D eigenvalue weighted by Crippen LogP contribution is 2.28. The summed E-state index contributed by atoms with van der Waals surface area (Å²) in [5.41, 5.74) is -0.820. The van der Waals surface area contributed by atoms with Crippen molar-refractivity contribution in [2.45, 2.75) is 65.2 Å². The lowest BCUT2D eigenvalue weighted by molar-refractivity contribution is -0.172. The van der Waals surface area contributed by atoms with Gasteiger partial charge in [0, 0.05) is 12.6 Å². The fourth-order valence-electron chi connectivity index (χ4n) is 2.90. The molecule has 1 rings (SSSR count). The van der Waals surface area contributed by atoms with Crippen molar-refractivity contribution in [1.82, 2.24) is 9.80 Å². The Morgan fingerprint density at radius 3 is 2.05 bits per heavy atom. The fourth-order valence-corrected chi connectivity index (χ4v) is 2.90. The van der Waals surface area contributed by atoms with Gasteiger partial charge in [-0.25, -0.2) is 4.79 Å². The minimum absolute atomic E-state index is 0.0362. The molecule has 0 spiro atoms. The maximum absolute atomic E-state index is 12.7. The zero-order valence-corrected chi connectivity index (χ0v) is 14.0. The first-order valence-electron chi connectivity index (χ1n) is 7.41. The van der Waals surface area contributed by atoms with Crippen LogP contribution in [0.2, 0.25) is 0 Å². The number of nitrogens with zero attached hydrogens (tertiary/aromatic N) is 2. The number of ether oxygens (including phenoxy) is 1. The van der Waals surface area contributed by atoms with Crippen LogP contribution in [-0.2, 0) is 9.53 Å². The summed E-state index contributed by atoms with van der Waals surface area (Å²) >= 11 is 0. The van der Waals surface area contributed by atoms with Gasteiger partial charge >= 0.3 is 12.0 Å². The largest absolute Gasteiger partial charge is 0.481 e. The number of carboxylic acids is 1. The van der Waals surface area contributed by atoms with E-state index in [0.29, 0.717) is 13.1 Å². The minimum Gasteiger partial charge on any atom is -0.481 e. The van der Waals surface area contributed by atoms with Gasteiger partial charge in [0.2, 0.25) is 0 Å². The van der Waals surface area contributed by atoms with Gasteiger partial charge in [0.15, 0.2) is 0 Å². The van der Waals surface area contributed by atoms with Crippen LogP contribution >= 0.6 is 0 Å². The molecule has 0 atom stereocenters. The van der Waals surface area contributed by atoms with Gasteiger partial charge < -0.3 is 19.6 Å². The van der Waals surface area contributed by atoms with Gasteiger partial charge in [0.05, 0.1) is 30.7 Å². The van der Waals surface area contributed by atoms with E-state index >= 15 is 0 Å². The Bertz CT molecular complexity index is 388. The third kappa shape index (κ3) is 5.19. The molecule has 0 aromatic carbocycles. The lowest BCUT2D eigenvalue weighted by atomic mass is 9.99. The highest BCUT2D eigenvalue weighted by Gasteiger charge is 2.41. The van der Waals surface area contributed by atoms with Crippen LogP contribution in [0, 0.1) is 0 Å². The van der Waals surface area contributed by atoms with Gasteiger partial charge in [-0.1, -0.05) is 0 Å². The van der Waals surface area contributed by atoms with Crippen molar-refractivity contribution in [3.8, 4) is 0 Å². The molecule has 1 aliphatic rings. The number of hydrogen-bond acceptors (Lipinski definition) is 3. The molecule has 0 aromatic rings. The molecule has 0 bridgehead atoms. The van der Waals surface area contributed by atoms with E-state index in [0.717, 1.165) is 0 Å². The molecule has 21 heavy (non-hydrogen) atoms. The predicted octanol–water partition coefficient (Wildman–Crippen LogP) is 2.18. The second-order valence-electron chi connectivity index (χ2n) is 7.19. The summed E-state index contributed by atoms with van der Waals surface area (Å²) in [6.45, 7) is 12.9. The number of aliphatic carboxylic acids is 1. The number of hydrogen-bond donors (Lipinski definition) is 1. The fraction of sp³-hybridized carbons (Fsp3) is 0.867. The van der Waals surface area contributed by atoms with Crippen molar-refractivity contribution in [3.63, 3.8) is 0 Å². The highest BCUT2D eigenvalue weighted by atomic mass is 16.5. The van der Waals surface area contributed by atoms with Gasteiger partial charge in [-0.2, -0.15) is 0 Å². The van der Waals surface area contributed by atoms with Crippen LogP contribution in [0.25, 0.3) is 0 Å². The van der Waals surface area contributed by atoms with E-state index in [-0.39, 0.29) is 25.0 Å². The summed E-state index contributed by atoms with van der Waals surface area (Å²) in [7, 11) is 0. The average Bonchev–Trinajstić information content (AvgIpc) is 2.23. The number of carbonyl (C=O) groups is 2. The first kappa shape index (κ1) is 17.8. The number of amides is 2. The zero-order chi connectivity index (χ0) is 16.4. The van der Waals surface area contributed by atoms with Crippen molar-refractivity contribution in [3.05, 3.63) is 0 Å². The SMILES string of the molecule is CC(C)N(CCC(=O)O)C(=O)N1CC(C)(C)OC(C)(C)C1. The highest BCUT2D eigenvalue weighted by molar-refractivity contribution is 5.76. The zero-order valence-electron chi connectivity index (χ0n) is 14.0. The third-order valence-corrected chi connectivity index (χ3v) is 3.40. The van der Waals surface area contributed by atoms with E-state index in [4.69, 9.17) is 9.84 Å². The van der Waals surface area contributed by atoms with E-state index in [1.165, 1.54) is 0 Å². The number of carboxylic acid groups (broad SMARTS) is 1. The minimum atomic E-state index is -0.893. The molecular formula is C15H28N2O4. The van der Waals surface area contributed by atoms with Crippen LogP contribution in [0.5, 0.6) is 0 Å². The molecular weight excluding hydrogens is 272 g/mol. The monoisotopic (exact) mass is 300 g/mol. The topological polar surface area (TPSA) is 70.1 Å². The van der Waals surface area contributed by atoms with Gasteiger partial charge in [-0.15, -0.1) is 0 Å². The maximum Gasteiger partial charge on any atom is 0.320 e. The van der Waals surface area contributed by atoms with E-state index in [9.17, 15) is 9.59 Å². The van der Waals surface area contributed by atoms with Gasteiger partial charge in [-0.05, 0) is 41.5 Å². The molecule has 1 aliphatic heterocycles. The quantitative estimate of drug-likeness (QED) is 0.864. The van der Waals surface area contributed by atoms with Crippen LogP contribution < -0.4 is 0 Å². The van der Waals surface area contributed by atoms with Crippen molar-refractivity contribution >= 4 is 12.0 Å². The van der Waals surface area contributed by atoms with Gasteiger partial charge in [-0.3, -0.25) is 4.79 Å². The standard InChI is InChI=1S/C15H28N2O4/c1-11(2)17(8-7-12(18)19)13(20)16-9-14(3,4)21-15(5,6)10-16/h11H,7-10H2,1-6H3,(H,18,19). The third-order valence-electron chi connectivity index (χ3n) is 3.40. The second kappa shape index (κ2) is 6.22. The Balaban J connectivity index is 2.85. The average molecular weight is 300 g/mol. The number of rotatable bonds is 4. The lowest BCUT2D eigenvalue weighted by Crippen LogP contribution is -2.61. The van der Waals surface area contributed by atoms with Crippen LogP contribution in [-0.4, -0.2) is 63.8 Å². The number of urea groups is 1. The summed E-state index contributed by atoms with van der Waals surface area (Å²) in [6.07, 6.45) is -0.0406. The van der Waals surface area contributed by atoms with Crippen LogP contribution in [0.1, 0.15) is 48.0 Å². The van der Waals surface area contributed by atoms with E-state index in [1.54, 1.807) is 9.80 Å². The van der Waals surface area contributed by atoms with E-state index in [1.807, 2.05) is 41.5 Å². The summed E-state index contributed by atoms with van der Waals surface area (Å²) in [6, 6.07) is -0.151. The Kier molecular flexibility index (Phi) is 5.25. The van der Waals surface area contributed by atoms with Crippen molar-refractivity contribution in [2.75, 3.05) is 19.6 Å². The van der Waals surface area contributed by atoms with Crippen LogP contribution in [0.4, 0.5) is 4.79 Å². The molecule has 0 aliphatic carbocycles. The smallest absolute Gasteiger partial charge is 0.320 e. The molecule has 6 nitrogen and oxygen atoms in total. The normalized spacial score (nSPS) is 20.4. The summed E-state index contributed by atoms with van der Waals surface area (Å²) in [5, 5.41) is 8.83. The Morgan fingerprint density at radius 2 is 1.67 bits per heavy atom. The first-order chi connectivity index (χ1) is 9.43. The molecule has 1 heterocycles. The Hall–Kier alpha value is -1.30. The number of morpholine rings is 1. The first-order valence-corrected chi connectivity index (χ1v) is 7.41. The maximum atomic E-state index is 12.7. The van der Waals surface area contributed by atoms with Crippen molar-refractivity contribution in [2.24, 2.45) is 0 Å². The van der Waals surface area contributed by atoms with Crippen LogP contribution in [0.15, 0.2) is 0 Å². The van der Waals surface area contributed by atoms with Crippen LogP contribution in [0.3, 0.4) is 0 Å². The molecule has 0 unspecified atom stereocenters. The van der Waals surface area contributed by atoms with E-state index in [2.05, 4.69) is 0 Å². The molecule has 0 radical (unpaired) electrons. The second-order valence-corrected chi connectivity index (χ2v) is 7.19. The molecule has 0 aromatic heterocycles. The summed E-state index contributed by atoms with van der Waals surface area (Å²) < 4.78 is 5.97. The lowest BCUT2D eigenvalue weighted by Gasteiger charge is -2.48. The summed E-state index contributed by atoms with van der Waals surface area (Å²) in [4.78, 5) is 26.9. The van der Waals surface area contributed by atoms with Crippen molar-refractivity contribution in [1.29, 1.82) is 0 Å². The number of carbonyl (C=O) groups excluding carboxylic acids is 1. The van der Waals surface area contributed by atoms with Gasteiger partial charge in [0.1, 0.15) is 0 Å². The molecule has 0 saturated carbocycles. The molecule has 1 saturated heterocycles. The summed E-state index contributed by atoms with van der Waals surface area (Å²) in [5.74, 6) is -0.893. The molecule has 1 fully saturated rings.